The number of ether oxygens (including phenoxy) is 1. The van der Waals surface area contributed by atoms with Crippen LogP contribution in [-0.2, 0) is 14.8 Å². The highest BCUT2D eigenvalue weighted by Crippen LogP contribution is 2.40. The van der Waals surface area contributed by atoms with E-state index >= 15 is 4.39 Å². The zero-order valence-electron chi connectivity index (χ0n) is 16.6. The second-order valence-corrected chi connectivity index (χ2v) is 9.31. The molecule has 2 fully saturated rings. The zero-order chi connectivity index (χ0) is 23.1. The highest BCUT2D eigenvalue weighted by atomic mass is 32.2. The molecule has 2 aliphatic heterocycles. The smallest absolute Gasteiger partial charge is 0.321 e. The van der Waals surface area contributed by atoms with Crippen LogP contribution in [0.5, 0.6) is 0 Å². The number of carbonyl (C=O) groups is 1. The van der Waals surface area contributed by atoms with E-state index in [4.69, 9.17) is 4.74 Å². The molecule has 2 heterocycles. The van der Waals surface area contributed by atoms with Gasteiger partial charge in [-0.25, -0.2) is 30.8 Å². The molecule has 2 saturated heterocycles. The normalized spacial score (nSPS) is 24.1. The van der Waals surface area contributed by atoms with E-state index in [1.807, 2.05) is 0 Å². The van der Waals surface area contributed by atoms with Crippen LogP contribution in [0.1, 0.15) is 6.42 Å². The number of alkyl halides is 1. The summed E-state index contributed by atoms with van der Waals surface area (Å²) in [4.78, 5) is 13.4. The van der Waals surface area contributed by atoms with Crippen molar-refractivity contribution in [2.45, 2.75) is 23.2 Å². The molecule has 2 aromatic rings. The van der Waals surface area contributed by atoms with Crippen LogP contribution in [0.25, 0.3) is 0 Å². The Balaban J connectivity index is 1.50. The molecule has 32 heavy (non-hydrogen) atoms. The third-order valence-corrected chi connectivity index (χ3v) is 7.48. The van der Waals surface area contributed by atoms with E-state index in [1.54, 1.807) is 0 Å². The molecule has 0 radical (unpaired) electrons. The van der Waals surface area contributed by atoms with Crippen LogP contribution in [-0.4, -0.2) is 61.8 Å². The van der Waals surface area contributed by atoms with E-state index in [0.717, 1.165) is 51.7 Å². The second-order valence-electron chi connectivity index (χ2n) is 7.45. The molecule has 0 aromatic heterocycles. The van der Waals surface area contributed by atoms with Gasteiger partial charge < -0.3 is 15.0 Å². The summed E-state index contributed by atoms with van der Waals surface area (Å²) in [7, 11) is -4.19. The minimum Gasteiger partial charge on any atom is -0.355 e. The molecule has 2 unspecified atom stereocenters. The van der Waals surface area contributed by atoms with Gasteiger partial charge in [0.15, 0.2) is 23.5 Å². The van der Waals surface area contributed by atoms with Gasteiger partial charge in [-0.1, -0.05) is 0 Å². The Hall–Kier alpha value is -2.70. The molecule has 0 aliphatic carbocycles. The monoisotopic (exact) mass is 473 g/mol. The van der Waals surface area contributed by atoms with Crippen molar-refractivity contribution in [2.24, 2.45) is 0 Å². The van der Waals surface area contributed by atoms with Crippen molar-refractivity contribution in [2.75, 3.05) is 31.6 Å². The minimum absolute atomic E-state index is 0.0118. The summed E-state index contributed by atoms with van der Waals surface area (Å²) >= 11 is 0. The Morgan fingerprint density at radius 3 is 2.44 bits per heavy atom. The molecule has 2 aromatic carbocycles. The van der Waals surface area contributed by atoms with Gasteiger partial charge in [0.1, 0.15) is 5.82 Å². The largest absolute Gasteiger partial charge is 0.355 e. The molecule has 7 nitrogen and oxygen atoms in total. The van der Waals surface area contributed by atoms with E-state index in [-0.39, 0.29) is 36.7 Å². The molecular formula is C20H19F4N3O4S. The summed E-state index contributed by atoms with van der Waals surface area (Å²) in [5.74, 6) is -2.84. The number of nitrogens with zero attached hydrogens (tertiary/aromatic N) is 2. The van der Waals surface area contributed by atoms with E-state index in [2.05, 4.69) is 5.32 Å². The van der Waals surface area contributed by atoms with Crippen molar-refractivity contribution in [3.05, 3.63) is 59.9 Å². The van der Waals surface area contributed by atoms with Crippen LogP contribution < -0.4 is 5.32 Å². The van der Waals surface area contributed by atoms with E-state index in [9.17, 15) is 26.4 Å². The van der Waals surface area contributed by atoms with Crippen LogP contribution in [0.15, 0.2) is 47.4 Å². The SMILES string of the molecule is O=C(Nc1ccc(F)c(F)c1)N1CCC2(OCCN2S(=O)(=O)c2ccc(F)cc2)C(F)C1. The molecule has 0 saturated carbocycles. The van der Waals surface area contributed by atoms with Gasteiger partial charge in [-0.15, -0.1) is 0 Å². The van der Waals surface area contributed by atoms with Crippen molar-refractivity contribution in [1.29, 1.82) is 0 Å². The zero-order valence-corrected chi connectivity index (χ0v) is 17.4. The predicted octanol–water partition coefficient (Wildman–Crippen LogP) is 3.10. The van der Waals surface area contributed by atoms with Gasteiger partial charge in [-0.2, -0.15) is 4.31 Å². The predicted molar refractivity (Wildman–Crippen MR) is 105 cm³/mol. The Morgan fingerprint density at radius 2 is 1.78 bits per heavy atom. The third kappa shape index (κ3) is 3.93. The quantitative estimate of drug-likeness (QED) is 0.695. The van der Waals surface area contributed by atoms with Gasteiger partial charge >= 0.3 is 6.03 Å². The van der Waals surface area contributed by atoms with E-state index < -0.39 is 51.9 Å². The van der Waals surface area contributed by atoms with E-state index in [1.165, 1.54) is 0 Å². The van der Waals surface area contributed by atoms with Crippen LogP contribution in [0.4, 0.5) is 28.0 Å². The summed E-state index contributed by atoms with van der Waals surface area (Å²) in [6.45, 7) is -0.667. The Bertz CT molecular complexity index is 1130. The molecule has 172 valence electrons. The Labute approximate surface area is 181 Å². The fourth-order valence-corrected chi connectivity index (χ4v) is 5.62. The summed E-state index contributed by atoms with van der Waals surface area (Å²) < 4.78 is 87.6. The van der Waals surface area contributed by atoms with Crippen molar-refractivity contribution >= 4 is 21.7 Å². The number of carbonyl (C=O) groups excluding carboxylic acids is 1. The van der Waals surface area contributed by atoms with Crippen LogP contribution in [0, 0.1) is 17.5 Å². The highest BCUT2D eigenvalue weighted by molar-refractivity contribution is 7.89. The summed E-state index contributed by atoms with van der Waals surface area (Å²) in [6.07, 6.45) is -2.04. The number of nitrogens with one attached hydrogen (secondary N) is 1. The number of benzene rings is 2. The first-order chi connectivity index (χ1) is 15.1. The fraction of sp³-hybridized carbons (Fsp3) is 0.350. The van der Waals surface area contributed by atoms with Gasteiger partial charge in [0, 0.05) is 31.3 Å². The number of sulfonamides is 1. The number of anilines is 1. The van der Waals surface area contributed by atoms with Gasteiger partial charge in [0.2, 0.25) is 10.0 Å². The van der Waals surface area contributed by atoms with Crippen LogP contribution >= 0.6 is 0 Å². The summed E-state index contributed by atoms with van der Waals surface area (Å²) in [5.41, 5.74) is -1.81. The van der Waals surface area contributed by atoms with Crippen LogP contribution in [0.3, 0.4) is 0 Å². The lowest BCUT2D eigenvalue weighted by Crippen LogP contribution is -2.63. The highest BCUT2D eigenvalue weighted by Gasteiger charge is 2.57. The number of hydrogen-bond donors (Lipinski definition) is 1. The lowest BCUT2D eigenvalue weighted by Gasteiger charge is -2.44. The molecule has 2 aliphatic rings. The molecule has 12 heteroatoms. The maximum absolute atomic E-state index is 15.3. The Kier molecular flexibility index (Phi) is 5.86. The standard InChI is InChI=1S/C20H19F4N3O4S/c21-13-1-4-15(5-2-13)32(29,30)27-9-10-31-20(27)7-8-26(12-18(20)24)19(28)25-14-3-6-16(22)17(23)11-14/h1-6,11,18H,7-10,12H2,(H,25,28). The lowest BCUT2D eigenvalue weighted by atomic mass is 9.99. The van der Waals surface area contributed by atoms with Crippen molar-refractivity contribution in [3.63, 3.8) is 0 Å². The molecule has 2 amide bonds. The maximum atomic E-state index is 15.3. The fourth-order valence-electron chi connectivity index (χ4n) is 3.91. The Morgan fingerprint density at radius 1 is 1.06 bits per heavy atom. The van der Waals surface area contributed by atoms with E-state index in [0.29, 0.717) is 0 Å². The minimum atomic E-state index is -4.19. The van der Waals surface area contributed by atoms with Gasteiger partial charge in [0.25, 0.3) is 0 Å². The van der Waals surface area contributed by atoms with Gasteiger partial charge in [-0.3, -0.25) is 0 Å². The molecule has 0 bridgehead atoms. The topological polar surface area (TPSA) is 79.0 Å². The van der Waals surface area contributed by atoms with Crippen molar-refractivity contribution in [1.82, 2.24) is 9.21 Å². The number of amides is 2. The van der Waals surface area contributed by atoms with Gasteiger partial charge in [0.05, 0.1) is 18.0 Å². The number of rotatable bonds is 3. The molecule has 1 spiro atoms. The summed E-state index contributed by atoms with van der Waals surface area (Å²) in [6, 6.07) is 6.22. The molecule has 1 N–H and O–H groups in total. The molecule has 4 rings (SSSR count). The maximum Gasteiger partial charge on any atom is 0.321 e. The average Bonchev–Trinajstić information content (AvgIpc) is 3.19. The first-order valence-electron chi connectivity index (χ1n) is 9.71. The van der Waals surface area contributed by atoms with Crippen molar-refractivity contribution < 1.29 is 35.5 Å². The van der Waals surface area contributed by atoms with Crippen molar-refractivity contribution in [3.8, 4) is 0 Å². The average molecular weight is 473 g/mol. The van der Waals surface area contributed by atoms with Gasteiger partial charge in [-0.05, 0) is 36.4 Å². The summed E-state index contributed by atoms with van der Waals surface area (Å²) in [5, 5.41) is 2.36. The number of hydrogen-bond acceptors (Lipinski definition) is 4. The number of piperidine rings is 1. The number of halogens is 4. The number of urea groups is 1. The lowest BCUT2D eigenvalue weighted by molar-refractivity contribution is -0.134. The first-order valence-corrected chi connectivity index (χ1v) is 11.1. The number of likely N-dealkylation sites (tertiary alicyclic amines) is 1. The second kappa shape index (κ2) is 8.34. The van der Waals surface area contributed by atoms with Crippen LogP contribution in [0.2, 0.25) is 0 Å². The first kappa shape index (κ1) is 22.5. The third-order valence-electron chi connectivity index (χ3n) is 5.54. The molecular weight excluding hydrogens is 454 g/mol. The molecule has 2 atom stereocenters.